The summed E-state index contributed by atoms with van der Waals surface area (Å²) in [7, 11) is 0. The molecule has 0 bridgehead atoms. The Balaban J connectivity index is 1.58. The number of amides is 1. The molecule has 0 atom stereocenters. The van der Waals surface area contributed by atoms with Crippen molar-refractivity contribution in [2.45, 2.75) is 37.6 Å². The zero-order valence-corrected chi connectivity index (χ0v) is 16.8. The van der Waals surface area contributed by atoms with E-state index >= 15 is 0 Å². The van der Waals surface area contributed by atoms with Crippen molar-refractivity contribution < 1.29 is 4.79 Å². The lowest BCUT2D eigenvalue weighted by atomic mass is 10.1. The molecule has 0 saturated carbocycles. The number of aryl methyl sites for hydroxylation is 2. The number of carbonyl (C=O) groups excluding carboxylic acids is 1. The van der Waals surface area contributed by atoms with Crippen molar-refractivity contribution in [1.29, 1.82) is 0 Å². The molecule has 0 aliphatic rings. The molecule has 0 saturated heterocycles. The molecule has 3 rings (SSSR count). The summed E-state index contributed by atoms with van der Waals surface area (Å²) in [5, 5.41) is 3.45. The number of H-pyrrole nitrogens is 1. The summed E-state index contributed by atoms with van der Waals surface area (Å²) >= 11 is 1.49. The minimum atomic E-state index is -0.175. The number of hydrogen-bond acceptors (Lipinski definition) is 4. The predicted molar refractivity (Wildman–Crippen MR) is 114 cm³/mol. The fourth-order valence-electron chi connectivity index (χ4n) is 2.77. The molecule has 0 spiro atoms. The molecule has 1 amide bonds. The average molecular weight is 394 g/mol. The third-order valence-electron chi connectivity index (χ3n) is 4.36. The van der Waals surface area contributed by atoms with Crippen LogP contribution in [0.2, 0.25) is 0 Å². The number of rotatable bonds is 7. The fourth-order valence-corrected chi connectivity index (χ4v) is 3.63. The Kier molecular flexibility index (Phi) is 6.66. The fraction of sp³-hybridized carbons (Fsp3) is 0.227. The predicted octanol–water partition coefficient (Wildman–Crippen LogP) is 4.25. The average Bonchev–Trinajstić information content (AvgIpc) is 2.68. The van der Waals surface area contributed by atoms with Crippen LogP contribution in [-0.2, 0) is 17.0 Å². The van der Waals surface area contributed by atoms with Gasteiger partial charge in [0, 0.05) is 29.1 Å². The number of aromatic nitrogens is 2. The summed E-state index contributed by atoms with van der Waals surface area (Å²) < 4.78 is 0. The number of hydrogen-bond donors (Lipinski definition) is 2. The van der Waals surface area contributed by atoms with E-state index in [1.807, 2.05) is 68.4 Å². The standard InChI is InChI=1S/C22H23N3O2S/c1-15-8-10-18(11-9-15)24-20(26)13-12-19-16(2)23-22(25-21(19)27)28-14-17-6-4-3-5-7-17/h3-11H,12-14H2,1-2H3,(H,24,26)(H,23,25,27). The molecule has 144 valence electrons. The molecule has 0 radical (unpaired) electrons. The van der Waals surface area contributed by atoms with Gasteiger partial charge in [-0.3, -0.25) is 9.59 Å². The first-order chi connectivity index (χ1) is 13.5. The number of carbonyl (C=O) groups is 1. The highest BCUT2D eigenvalue weighted by Crippen LogP contribution is 2.19. The Hall–Kier alpha value is -2.86. The summed E-state index contributed by atoms with van der Waals surface area (Å²) in [5.74, 6) is 0.617. The van der Waals surface area contributed by atoms with E-state index in [0.717, 1.165) is 17.0 Å². The molecule has 0 aliphatic carbocycles. The summed E-state index contributed by atoms with van der Waals surface area (Å²) in [5.41, 5.74) is 4.12. The van der Waals surface area contributed by atoms with Crippen LogP contribution in [0.25, 0.3) is 0 Å². The van der Waals surface area contributed by atoms with Crippen molar-refractivity contribution >= 4 is 23.4 Å². The van der Waals surface area contributed by atoms with E-state index in [9.17, 15) is 9.59 Å². The van der Waals surface area contributed by atoms with E-state index in [2.05, 4.69) is 15.3 Å². The maximum atomic E-state index is 12.4. The smallest absolute Gasteiger partial charge is 0.254 e. The molecular weight excluding hydrogens is 370 g/mol. The SMILES string of the molecule is Cc1ccc(NC(=O)CCc2c(C)nc(SCc3ccccc3)[nH]c2=O)cc1. The second-order valence-electron chi connectivity index (χ2n) is 6.62. The van der Waals surface area contributed by atoms with Gasteiger partial charge in [-0.25, -0.2) is 4.98 Å². The van der Waals surface area contributed by atoms with Crippen LogP contribution in [0.5, 0.6) is 0 Å². The number of nitrogens with zero attached hydrogens (tertiary/aromatic N) is 1. The van der Waals surface area contributed by atoms with E-state index in [1.54, 1.807) is 0 Å². The Morgan fingerprint density at radius 1 is 1.07 bits per heavy atom. The van der Waals surface area contributed by atoms with Gasteiger partial charge in [0.2, 0.25) is 5.91 Å². The zero-order chi connectivity index (χ0) is 19.9. The number of nitrogens with one attached hydrogen (secondary N) is 2. The lowest BCUT2D eigenvalue weighted by Crippen LogP contribution is -2.20. The van der Waals surface area contributed by atoms with Crippen molar-refractivity contribution in [3.05, 3.63) is 87.3 Å². The third kappa shape index (κ3) is 5.57. The molecule has 0 aliphatic heterocycles. The minimum absolute atomic E-state index is 0.120. The second-order valence-corrected chi connectivity index (χ2v) is 7.59. The van der Waals surface area contributed by atoms with E-state index in [4.69, 9.17) is 0 Å². The van der Waals surface area contributed by atoms with Gasteiger partial charge in [0.15, 0.2) is 5.16 Å². The van der Waals surface area contributed by atoms with Crippen LogP contribution in [-0.4, -0.2) is 15.9 Å². The van der Waals surface area contributed by atoms with Gasteiger partial charge >= 0.3 is 0 Å². The van der Waals surface area contributed by atoms with Crippen molar-refractivity contribution in [1.82, 2.24) is 9.97 Å². The lowest BCUT2D eigenvalue weighted by Gasteiger charge is -2.08. The molecule has 2 aromatic carbocycles. The molecular formula is C22H23N3O2S. The molecule has 28 heavy (non-hydrogen) atoms. The summed E-state index contributed by atoms with van der Waals surface area (Å²) in [6, 6.07) is 17.7. The van der Waals surface area contributed by atoms with Crippen molar-refractivity contribution in [3.8, 4) is 0 Å². The molecule has 0 unspecified atom stereocenters. The van der Waals surface area contributed by atoms with E-state index in [-0.39, 0.29) is 17.9 Å². The maximum absolute atomic E-state index is 12.4. The Labute approximate surface area is 168 Å². The topological polar surface area (TPSA) is 74.8 Å². The Morgan fingerprint density at radius 3 is 2.46 bits per heavy atom. The van der Waals surface area contributed by atoms with Crippen LogP contribution in [0.15, 0.2) is 64.5 Å². The van der Waals surface area contributed by atoms with Crippen LogP contribution in [0.3, 0.4) is 0 Å². The molecule has 1 aromatic heterocycles. The maximum Gasteiger partial charge on any atom is 0.254 e. The first-order valence-corrected chi connectivity index (χ1v) is 10.1. The van der Waals surface area contributed by atoms with Crippen LogP contribution in [0.1, 0.15) is 28.8 Å². The Bertz CT molecular complexity index is 999. The minimum Gasteiger partial charge on any atom is -0.326 e. The van der Waals surface area contributed by atoms with Crippen LogP contribution >= 0.6 is 11.8 Å². The van der Waals surface area contributed by atoms with Crippen molar-refractivity contribution in [3.63, 3.8) is 0 Å². The van der Waals surface area contributed by atoms with Crippen LogP contribution < -0.4 is 10.9 Å². The van der Waals surface area contributed by atoms with Gasteiger partial charge < -0.3 is 10.3 Å². The third-order valence-corrected chi connectivity index (χ3v) is 5.30. The van der Waals surface area contributed by atoms with Gasteiger partial charge in [0.25, 0.3) is 5.56 Å². The molecule has 1 heterocycles. The van der Waals surface area contributed by atoms with Crippen LogP contribution in [0.4, 0.5) is 5.69 Å². The van der Waals surface area contributed by atoms with E-state index in [1.165, 1.54) is 17.3 Å². The van der Waals surface area contributed by atoms with Crippen molar-refractivity contribution in [2.24, 2.45) is 0 Å². The van der Waals surface area contributed by atoms with Crippen molar-refractivity contribution in [2.75, 3.05) is 5.32 Å². The molecule has 6 heteroatoms. The number of aromatic amines is 1. The number of anilines is 1. The van der Waals surface area contributed by atoms with Crippen LogP contribution in [0, 0.1) is 13.8 Å². The first-order valence-electron chi connectivity index (χ1n) is 9.14. The zero-order valence-electron chi connectivity index (χ0n) is 16.0. The Morgan fingerprint density at radius 2 is 1.79 bits per heavy atom. The summed E-state index contributed by atoms with van der Waals surface area (Å²) in [6.45, 7) is 3.81. The molecule has 0 fully saturated rings. The normalized spacial score (nSPS) is 10.6. The second kappa shape index (κ2) is 9.37. The number of thioether (sulfide) groups is 1. The molecule has 5 nitrogen and oxygen atoms in total. The lowest BCUT2D eigenvalue weighted by molar-refractivity contribution is -0.116. The highest BCUT2D eigenvalue weighted by atomic mass is 32.2. The van der Waals surface area contributed by atoms with Gasteiger partial charge in [0.1, 0.15) is 0 Å². The van der Waals surface area contributed by atoms with Gasteiger partial charge in [0.05, 0.1) is 0 Å². The van der Waals surface area contributed by atoms with E-state index in [0.29, 0.717) is 22.8 Å². The molecule has 2 N–H and O–H groups in total. The largest absolute Gasteiger partial charge is 0.326 e. The molecule has 3 aromatic rings. The van der Waals surface area contributed by atoms with Gasteiger partial charge in [-0.15, -0.1) is 0 Å². The van der Waals surface area contributed by atoms with E-state index < -0.39 is 0 Å². The first kappa shape index (κ1) is 19.9. The summed E-state index contributed by atoms with van der Waals surface area (Å²) in [4.78, 5) is 31.9. The highest BCUT2D eigenvalue weighted by molar-refractivity contribution is 7.98. The highest BCUT2D eigenvalue weighted by Gasteiger charge is 2.11. The van der Waals surface area contributed by atoms with Gasteiger partial charge in [-0.2, -0.15) is 0 Å². The van der Waals surface area contributed by atoms with Gasteiger partial charge in [-0.05, 0) is 38.0 Å². The monoisotopic (exact) mass is 393 g/mol. The quantitative estimate of drug-likeness (QED) is 0.465. The number of benzene rings is 2. The summed E-state index contributed by atoms with van der Waals surface area (Å²) in [6.07, 6.45) is 0.589. The van der Waals surface area contributed by atoms with Gasteiger partial charge in [-0.1, -0.05) is 59.8 Å².